The smallest absolute Gasteiger partial charge is 0.0701 e. The minimum absolute atomic E-state index is 0.415. The van der Waals surface area contributed by atoms with Crippen molar-refractivity contribution in [3.63, 3.8) is 0 Å². The van der Waals surface area contributed by atoms with Crippen molar-refractivity contribution < 1.29 is 0 Å². The molecule has 0 bridgehead atoms. The van der Waals surface area contributed by atoms with Gasteiger partial charge in [-0.25, -0.2) is 0 Å². The zero-order valence-corrected chi connectivity index (χ0v) is 11.5. The first-order valence-electron chi connectivity index (χ1n) is 5.18. The highest BCUT2D eigenvalue weighted by molar-refractivity contribution is 9.11. The molecular formula is C11H14BrN3S. The van der Waals surface area contributed by atoms with Crippen LogP contribution in [-0.4, -0.2) is 15.8 Å². The number of hydrogen-bond acceptors (Lipinski definition) is 3. The van der Waals surface area contributed by atoms with E-state index < -0.39 is 0 Å². The standard InChI is InChI=1S/C11H14BrN3S/c1-9(7-15-4-2-3-14-15)13-6-10-5-11(12)16-8-10/h2-5,8-9,13H,6-7H2,1H3/t9-/m1/s1. The molecule has 1 atom stereocenters. The van der Waals surface area contributed by atoms with Gasteiger partial charge in [0.1, 0.15) is 0 Å². The quantitative estimate of drug-likeness (QED) is 0.920. The van der Waals surface area contributed by atoms with Crippen molar-refractivity contribution in [2.45, 2.75) is 26.1 Å². The van der Waals surface area contributed by atoms with Crippen molar-refractivity contribution in [3.8, 4) is 0 Å². The lowest BCUT2D eigenvalue weighted by Gasteiger charge is -2.13. The SMILES string of the molecule is C[C@H](Cn1cccn1)NCc1csc(Br)c1. The predicted octanol–water partition coefficient (Wildman–Crippen LogP) is 2.89. The summed E-state index contributed by atoms with van der Waals surface area (Å²) in [4.78, 5) is 0. The Balaban J connectivity index is 1.77. The molecule has 2 aromatic rings. The highest BCUT2D eigenvalue weighted by atomic mass is 79.9. The summed E-state index contributed by atoms with van der Waals surface area (Å²) in [5.41, 5.74) is 1.32. The van der Waals surface area contributed by atoms with E-state index in [0.717, 1.165) is 13.1 Å². The Kier molecular flexibility index (Phi) is 4.15. The first-order chi connectivity index (χ1) is 7.74. The molecular weight excluding hydrogens is 286 g/mol. The fourth-order valence-electron chi connectivity index (χ4n) is 1.48. The Morgan fingerprint density at radius 2 is 2.50 bits per heavy atom. The van der Waals surface area contributed by atoms with Crippen molar-refractivity contribution in [2.24, 2.45) is 0 Å². The molecule has 0 unspecified atom stereocenters. The Labute approximate surface area is 108 Å². The maximum atomic E-state index is 4.19. The van der Waals surface area contributed by atoms with Gasteiger partial charge in [0.2, 0.25) is 0 Å². The van der Waals surface area contributed by atoms with Crippen LogP contribution in [0.1, 0.15) is 12.5 Å². The molecule has 0 spiro atoms. The number of aromatic nitrogens is 2. The molecule has 2 rings (SSSR count). The summed E-state index contributed by atoms with van der Waals surface area (Å²) in [6, 6.07) is 4.51. The molecule has 2 heterocycles. The summed E-state index contributed by atoms with van der Waals surface area (Å²) in [5.74, 6) is 0. The van der Waals surface area contributed by atoms with Gasteiger partial charge in [0.25, 0.3) is 0 Å². The van der Waals surface area contributed by atoms with Gasteiger partial charge < -0.3 is 5.32 Å². The van der Waals surface area contributed by atoms with Gasteiger partial charge in [-0.15, -0.1) is 11.3 Å². The second-order valence-corrected chi connectivity index (χ2v) is 6.06. The fraction of sp³-hybridized carbons (Fsp3) is 0.364. The molecule has 0 aliphatic rings. The van der Waals surface area contributed by atoms with Crippen LogP contribution < -0.4 is 5.32 Å². The average Bonchev–Trinajstić information content (AvgIpc) is 2.87. The number of thiophene rings is 1. The van der Waals surface area contributed by atoms with Crippen molar-refractivity contribution in [1.29, 1.82) is 0 Å². The molecule has 0 aliphatic carbocycles. The largest absolute Gasteiger partial charge is 0.308 e. The van der Waals surface area contributed by atoms with E-state index >= 15 is 0 Å². The lowest BCUT2D eigenvalue weighted by molar-refractivity contribution is 0.451. The van der Waals surface area contributed by atoms with E-state index in [9.17, 15) is 0 Å². The average molecular weight is 300 g/mol. The van der Waals surface area contributed by atoms with Gasteiger partial charge in [0, 0.05) is 25.0 Å². The van der Waals surface area contributed by atoms with Gasteiger partial charge in [0.05, 0.1) is 10.3 Å². The Morgan fingerprint density at radius 1 is 1.62 bits per heavy atom. The molecule has 0 fully saturated rings. The summed E-state index contributed by atoms with van der Waals surface area (Å²) in [5, 5.41) is 9.83. The van der Waals surface area contributed by atoms with Gasteiger partial charge in [-0.1, -0.05) is 0 Å². The summed E-state index contributed by atoms with van der Waals surface area (Å²) < 4.78 is 3.13. The lowest BCUT2D eigenvalue weighted by atomic mass is 10.3. The highest BCUT2D eigenvalue weighted by Gasteiger charge is 2.03. The Morgan fingerprint density at radius 3 is 3.12 bits per heavy atom. The number of hydrogen-bond donors (Lipinski definition) is 1. The summed E-state index contributed by atoms with van der Waals surface area (Å²) >= 11 is 5.18. The van der Waals surface area contributed by atoms with Gasteiger partial charge in [-0.05, 0) is 45.9 Å². The molecule has 0 aliphatic heterocycles. The monoisotopic (exact) mass is 299 g/mol. The molecule has 0 radical (unpaired) electrons. The van der Waals surface area contributed by atoms with Crippen LogP contribution in [0.3, 0.4) is 0 Å². The molecule has 2 aromatic heterocycles. The molecule has 0 saturated heterocycles. The zero-order valence-electron chi connectivity index (χ0n) is 9.06. The van der Waals surface area contributed by atoms with Crippen molar-refractivity contribution in [2.75, 3.05) is 0 Å². The van der Waals surface area contributed by atoms with E-state index in [0.29, 0.717) is 6.04 Å². The molecule has 0 saturated carbocycles. The van der Waals surface area contributed by atoms with Gasteiger partial charge in [0.15, 0.2) is 0 Å². The van der Waals surface area contributed by atoms with Crippen molar-refractivity contribution in [1.82, 2.24) is 15.1 Å². The normalized spacial score (nSPS) is 12.9. The maximum absolute atomic E-state index is 4.19. The van der Waals surface area contributed by atoms with Crippen LogP contribution in [0.5, 0.6) is 0 Å². The van der Waals surface area contributed by atoms with Crippen LogP contribution in [0.25, 0.3) is 0 Å². The molecule has 0 aromatic carbocycles. The van der Waals surface area contributed by atoms with Gasteiger partial charge >= 0.3 is 0 Å². The van der Waals surface area contributed by atoms with Crippen molar-refractivity contribution in [3.05, 3.63) is 39.3 Å². The molecule has 0 amide bonds. The fourth-order valence-corrected chi connectivity index (χ4v) is 2.69. The first-order valence-corrected chi connectivity index (χ1v) is 6.85. The van der Waals surface area contributed by atoms with E-state index in [1.54, 1.807) is 11.3 Å². The first kappa shape index (κ1) is 11.8. The van der Waals surface area contributed by atoms with Gasteiger partial charge in [-0.2, -0.15) is 5.10 Å². The molecule has 1 N–H and O–H groups in total. The minimum atomic E-state index is 0.415. The minimum Gasteiger partial charge on any atom is -0.308 e. The number of rotatable bonds is 5. The van der Waals surface area contributed by atoms with E-state index in [1.807, 2.05) is 23.1 Å². The molecule has 16 heavy (non-hydrogen) atoms. The molecule has 5 heteroatoms. The predicted molar refractivity (Wildman–Crippen MR) is 70.5 cm³/mol. The summed E-state index contributed by atoms with van der Waals surface area (Å²) in [7, 11) is 0. The van der Waals surface area contributed by atoms with E-state index in [4.69, 9.17) is 0 Å². The van der Waals surface area contributed by atoms with Crippen molar-refractivity contribution >= 4 is 27.3 Å². The second kappa shape index (κ2) is 5.61. The third-order valence-electron chi connectivity index (χ3n) is 2.30. The van der Waals surface area contributed by atoms with Crippen LogP contribution in [-0.2, 0) is 13.1 Å². The summed E-state index contributed by atoms with van der Waals surface area (Å²) in [6.07, 6.45) is 3.79. The Bertz CT molecular complexity index is 424. The van der Waals surface area contributed by atoms with Crippen LogP contribution in [0, 0.1) is 0 Å². The van der Waals surface area contributed by atoms with Crippen LogP contribution in [0.15, 0.2) is 33.7 Å². The topological polar surface area (TPSA) is 29.9 Å². The maximum Gasteiger partial charge on any atom is 0.0701 e. The number of nitrogens with one attached hydrogen (secondary N) is 1. The zero-order chi connectivity index (χ0) is 11.4. The van der Waals surface area contributed by atoms with E-state index in [1.165, 1.54) is 9.35 Å². The third kappa shape index (κ3) is 3.43. The van der Waals surface area contributed by atoms with Gasteiger partial charge in [-0.3, -0.25) is 4.68 Å². The van der Waals surface area contributed by atoms with Crippen LogP contribution in [0.2, 0.25) is 0 Å². The van der Waals surface area contributed by atoms with Crippen LogP contribution >= 0.6 is 27.3 Å². The van der Waals surface area contributed by atoms with E-state index in [2.05, 4.69) is 44.7 Å². The Hall–Kier alpha value is -0.650. The highest BCUT2D eigenvalue weighted by Crippen LogP contribution is 2.20. The molecule has 3 nitrogen and oxygen atoms in total. The second-order valence-electron chi connectivity index (χ2n) is 3.77. The molecule has 86 valence electrons. The number of halogens is 1. The third-order valence-corrected chi connectivity index (χ3v) is 3.85. The van der Waals surface area contributed by atoms with Crippen LogP contribution in [0.4, 0.5) is 0 Å². The summed E-state index contributed by atoms with van der Waals surface area (Å²) in [6.45, 7) is 3.98. The number of nitrogens with zero attached hydrogens (tertiary/aromatic N) is 2. The van der Waals surface area contributed by atoms with E-state index in [-0.39, 0.29) is 0 Å². The lowest BCUT2D eigenvalue weighted by Crippen LogP contribution is -2.29.